The number of phenols is 1. The zero-order chi connectivity index (χ0) is 12.7. The Bertz CT molecular complexity index is 373. The van der Waals surface area contributed by atoms with Gasteiger partial charge >= 0.3 is 0 Å². The van der Waals surface area contributed by atoms with Crippen molar-refractivity contribution < 1.29 is 15.0 Å². The highest BCUT2D eigenvalue weighted by atomic mass is 16.3. The number of amides is 1. The molecule has 0 radical (unpaired) electrons. The lowest BCUT2D eigenvalue weighted by Gasteiger charge is -2.19. The van der Waals surface area contributed by atoms with Crippen molar-refractivity contribution in [3.05, 3.63) is 42.5 Å². The Hall–Kier alpha value is -1.81. The summed E-state index contributed by atoms with van der Waals surface area (Å²) in [5.41, 5.74) is 0.833. The van der Waals surface area contributed by atoms with E-state index in [1.165, 1.54) is 0 Å². The van der Waals surface area contributed by atoms with E-state index in [1.54, 1.807) is 35.2 Å². The van der Waals surface area contributed by atoms with Crippen LogP contribution in [0.5, 0.6) is 5.75 Å². The molecule has 92 valence electrons. The number of carbonyl (C=O) groups excluding carboxylic acids is 1. The van der Waals surface area contributed by atoms with Crippen molar-refractivity contribution in [1.29, 1.82) is 0 Å². The Morgan fingerprint density at radius 1 is 1.35 bits per heavy atom. The van der Waals surface area contributed by atoms with E-state index in [9.17, 15) is 4.79 Å². The third-order valence-corrected chi connectivity index (χ3v) is 2.36. The number of nitrogens with zero attached hydrogens (tertiary/aromatic N) is 1. The molecule has 0 spiro atoms. The summed E-state index contributed by atoms with van der Waals surface area (Å²) >= 11 is 0. The summed E-state index contributed by atoms with van der Waals surface area (Å²) in [7, 11) is 0. The van der Waals surface area contributed by atoms with Crippen LogP contribution < -0.4 is 0 Å². The Morgan fingerprint density at radius 3 is 2.53 bits per heavy atom. The van der Waals surface area contributed by atoms with Gasteiger partial charge in [0.05, 0.1) is 13.0 Å². The highest BCUT2D eigenvalue weighted by Crippen LogP contribution is 2.10. The minimum atomic E-state index is -0.0651. The zero-order valence-electron chi connectivity index (χ0n) is 9.67. The van der Waals surface area contributed by atoms with E-state index in [0.29, 0.717) is 13.1 Å². The number of hydrogen-bond donors (Lipinski definition) is 2. The molecule has 0 fully saturated rings. The Labute approximate surface area is 101 Å². The molecule has 0 aliphatic rings. The summed E-state index contributed by atoms with van der Waals surface area (Å²) in [6, 6.07) is 6.51. The summed E-state index contributed by atoms with van der Waals surface area (Å²) in [6.45, 7) is 4.25. The third kappa shape index (κ3) is 4.28. The smallest absolute Gasteiger partial charge is 0.227 e. The molecular weight excluding hydrogens is 218 g/mol. The van der Waals surface area contributed by atoms with Gasteiger partial charge in [0.25, 0.3) is 0 Å². The molecule has 0 aromatic heterocycles. The van der Waals surface area contributed by atoms with Crippen LogP contribution in [0.4, 0.5) is 0 Å². The van der Waals surface area contributed by atoms with Crippen molar-refractivity contribution in [2.24, 2.45) is 0 Å². The molecule has 1 amide bonds. The minimum absolute atomic E-state index is 0.0604. The summed E-state index contributed by atoms with van der Waals surface area (Å²) in [6.07, 6.45) is 1.89. The number of rotatable bonds is 6. The number of aliphatic hydroxyl groups excluding tert-OH is 1. The Balaban J connectivity index is 2.62. The molecule has 2 N–H and O–H groups in total. The third-order valence-electron chi connectivity index (χ3n) is 2.36. The average molecular weight is 235 g/mol. The lowest BCUT2D eigenvalue weighted by atomic mass is 10.1. The number of phenolic OH excluding ortho intramolecular Hbond substituents is 1. The molecule has 4 heteroatoms. The zero-order valence-corrected chi connectivity index (χ0v) is 9.67. The van der Waals surface area contributed by atoms with E-state index in [2.05, 4.69) is 6.58 Å². The highest BCUT2D eigenvalue weighted by Gasteiger charge is 2.11. The fraction of sp³-hybridized carbons (Fsp3) is 0.308. The maximum Gasteiger partial charge on any atom is 0.227 e. The molecule has 0 aliphatic carbocycles. The second-order valence-electron chi connectivity index (χ2n) is 3.70. The van der Waals surface area contributed by atoms with Gasteiger partial charge in [-0.1, -0.05) is 18.2 Å². The van der Waals surface area contributed by atoms with Gasteiger partial charge in [-0.15, -0.1) is 6.58 Å². The summed E-state index contributed by atoms with van der Waals surface area (Å²) < 4.78 is 0. The molecule has 4 nitrogen and oxygen atoms in total. The second-order valence-corrected chi connectivity index (χ2v) is 3.70. The van der Waals surface area contributed by atoms with Gasteiger partial charge in [0.15, 0.2) is 0 Å². The van der Waals surface area contributed by atoms with Crippen LogP contribution in [-0.4, -0.2) is 40.7 Å². The summed E-state index contributed by atoms with van der Waals surface area (Å²) in [4.78, 5) is 13.4. The molecule has 17 heavy (non-hydrogen) atoms. The van der Waals surface area contributed by atoms with E-state index in [-0.39, 0.29) is 24.7 Å². The molecule has 0 heterocycles. The van der Waals surface area contributed by atoms with E-state index in [4.69, 9.17) is 10.2 Å². The first-order valence-electron chi connectivity index (χ1n) is 5.44. The first-order chi connectivity index (χ1) is 8.17. The fourth-order valence-corrected chi connectivity index (χ4v) is 1.49. The van der Waals surface area contributed by atoms with Gasteiger partial charge in [0.1, 0.15) is 5.75 Å². The van der Waals surface area contributed by atoms with Gasteiger partial charge in [0, 0.05) is 13.1 Å². The van der Waals surface area contributed by atoms with Crippen LogP contribution in [0.15, 0.2) is 36.9 Å². The number of aliphatic hydroxyl groups is 1. The summed E-state index contributed by atoms with van der Waals surface area (Å²) in [5, 5.41) is 18.0. The fourth-order valence-electron chi connectivity index (χ4n) is 1.49. The first kappa shape index (κ1) is 13.3. The van der Waals surface area contributed by atoms with Crippen LogP contribution in [-0.2, 0) is 11.2 Å². The normalized spacial score (nSPS) is 9.94. The van der Waals surface area contributed by atoms with Crippen LogP contribution in [0.1, 0.15) is 5.56 Å². The SMILES string of the molecule is C=CCN(CCO)C(=O)Cc1ccc(O)cc1. The van der Waals surface area contributed by atoms with Crippen molar-refractivity contribution in [3.63, 3.8) is 0 Å². The lowest BCUT2D eigenvalue weighted by molar-refractivity contribution is -0.130. The number of carbonyl (C=O) groups is 1. The topological polar surface area (TPSA) is 60.8 Å². The van der Waals surface area contributed by atoms with Crippen molar-refractivity contribution in [2.45, 2.75) is 6.42 Å². The van der Waals surface area contributed by atoms with Gasteiger partial charge in [0.2, 0.25) is 5.91 Å². The van der Waals surface area contributed by atoms with Crippen LogP contribution in [0.2, 0.25) is 0 Å². The van der Waals surface area contributed by atoms with E-state index in [1.807, 2.05) is 0 Å². The predicted molar refractivity (Wildman–Crippen MR) is 65.7 cm³/mol. The van der Waals surface area contributed by atoms with Crippen molar-refractivity contribution in [1.82, 2.24) is 4.90 Å². The molecule has 0 aliphatic heterocycles. The molecule has 0 saturated carbocycles. The maximum atomic E-state index is 11.9. The van der Waals surface area contributed by atoms with Crippen molar-refractivity contribution in [2.75, 3.05) is 19.7 Å². The molecule has 1 rings (SSSR count). The molecular formula is C13H17NO3. The number of benzene rings is 1. The summed E-state index contributed by atoms with van der Waals surface area (Å²) in [5.74, 6) is 0.115. The van der Waals surface area contributed by atoms with E-state index >= 15 is 0 Å². The molecule has 0 unspecified atom stereocenters. The molecule has 1 aromatic carbocycles. The van der Waals surface area contributed by atoms with Crippen LogP contribution in [0.25, 0.3) is 0 Å². The van der Waals surface area contributed by atoms with Gasteiger partial charge in [-0.3, -0.25) is 4.79 Å². The van der Waals surface area contributed by atoms with Gasteiger partial charge in [-0.05, 0) is 17.7 Å². The van der Waals surface area contributed by atoms with Crippen molar-refractivity contribution in [3.8, 4) is 5.75 Å². The Kier molecular flexibility index (Phi) is 5.23. The Morgan fingerprint density at radius 2 is 2.00 bits per heavy atom. The van der Waals surface area contributed by atoms with Gasteiger partial charge < -0.3 is 15.1 Å². The minimum Gasteiger partial charge on any atom is -0.508 e. The van der Waals surface area contributed by atoms with Crippen LogP contribution >= 0.6 is 0 Å². The van der Waals surface area contributed by atoms with E-state index in [0.717, 1.165) is 5.56 Å². The highest BCUT2D eigenvalue weighted by molar-refractivity contribution is 5.79. The van der Waals surface area contributed by atoms with Crippen molar-refractivity contribution >= 4 is 5.91 Å². The number of aromatic hydroxyl groups is 1. The molecule has 1 aromatic rings. The van der Waals surface area contributed by atoms with Crippen LogP contribution in [0, 0.1) is 0 Å². The molecule has 0 atom stereocenters. The first-order valence-corrected chi connectivity index (χ1v) is 5.44. The second kappa shape index (κ2) is 6.70. The van der Waals surface area contributed by atoms with Crippen LogP contribution in [0.3, 0.4) is 0 Å². The standard InChI is InChI=1S/C13H17NO3/c1-2-7-14(8-9-15)13(17)10-11-3-5-12(16)6-4-11/h2-6,15-16H,1,7-10H2. The maximum absolute atomic E-state index is 11.9. The van der Waals surface area contributed by atoms with E-state index < -0.39 is 0 Å². The van der Waals surface area contributed by atoms with Gasteiger partial charge in [-0.25, -0.2) is 0 Å². The monoisotopic (exact) mass is 235 g/mol. The lowest BCUT2D eigenvalue weighted by Crippen LogP contribution is -2.34. The largest absolute Gasteiger partial charge is 0.508 e. The predicted octanol–water partition coefficient (Wildman–Crippen LogP) is 0.942. The molecule has 0 bridgehead atoms. The average Bonchev–Trinajstić information content (AvgIpc) is 2.32. The quantitative estimate of drug-likeness (QED) is 0.721. The van der Waals surface area contributed by atoms with Gasteiger partial charge in [-0.2, -0.15) is 0 Å². The number of hydrogen-bond acceptors (Lipinski definition) is 3. The molecule has 0 saturated heterocycles.